The third kappa shape index (κ3) is 3.55. The molecule has 0 spiro atoms. The zero-order chi connectivity index (χ0) is 14.5. The van der Waals surface area contributed by atoms with E-state index in [4.69, 9.17) is 16.7 Å². The van der Waals surface area contributed by atoms with Gasteiger partial charge in [-0.15, -0.1) is 11.3 Å². The summed E-state index contributed by atoms with van der Waals surface area (Å²) in [5.41, 5.74) is 1.03. The number of aliphatic carboxylic acids is 1. The van der Waals surface area contributed by atoms with Gasteiger partial charge in [0.25, 0.3) is 5.91 Å². The number of hydrogen-bond donors (Lipinski definition) is 2. The Bertz CT molecular complexity index is 642. The van der Waals surface area contributed by atoms with Crippen LogP contribution in [0, 0.1) is 0 Å². The number of nitrogens with one attached hydrogen (secondary N) is 1. The summed E-state index contributed by atoms with van der Waals surface area (Å²) in [7, 11) is 0. The largest absolute Gasteiger partial charge is 0.481 e. The van der Waals surface area contributed by atoms with Crippen LogP contribution in [0.25, 0.3) is 10.6 Å². The van der Waals surface area contributed by atoms with E-state index in [9.17, 15) is 9.59 Å². The number of aromatic nitrogens is 1. The summed E-state index contributed by atoms with van der Waals surface area (Å²) in [6.07, 6.45) is -0.118. The first-order chi connectivity index (χ1) is 9.58. The molecule has 0 aliphatic rings. The summed E-state index contributed by atoms with van der Waals surface area (Å²) in [6.45, 7) is 0.0765. The van der Waals surface area contributed by atoms with Crippen molar-refractivity contribution >= 4 is 34.8 Å². The Labute approximate surface area is 124 Å². The predicted molar refractivity (Wildman–Crippen MR) is 77.1 cm³/mol. The normalized spacial score (nSPS) is 10.2. The molecule has 0 bridgehead atoms. The number of halogens is 1. The molecule has 1 aromatic heterocycles. The van der Waals surface area contributed by atoms with Crippen molar-refractivity contribution in [3.05, 3.63) is 40.4 Å². The number of amides is 1. The van der Waals surface area contributed by atoms with Crippen molar-refractivity contribution in [2.45, 2.75) is 6.42 Å². The van der Waals surface area contributed by atoms with Crippen LogP contribution >= 0.6 is 22.9 Å². The van der Waals surface area contributed by atoms with Crippen molar-refractivity contribution in [1.29, 1.82) is 0 Å². The van der Waals surface area contributed by atoms with Gasteiger partial charge < -0.3 is 10.4 Å². The first-order valence-electron chi connectivity index (χ1n) is 5.78. The lowest BCUT2D eigenvalue weighted by Crippen LogP contribution is -2.26. The third-order valence-electron chi connectivity index (χ3n) is 2.47. The Morgan fingerprint density at radius 1 is 1.35 bits per heavy atom. The Kier molecular flexibility index (Phi) is 4.70. The second kappa shape index (κ2) is 6.49. The molecule has 1 aromatic carbocycles. The fourth-order valence-corrected chi connectivity index (χ4v) is 2.63. The molecule has 5 nitrogen and oxygen atoms in total. The molecule has 0 aliphatic carbocycles. The van der Waals surface area contributed by atoms with Gasteiger partial charge in [0.15, 0.2) is 0 Å². The van der Waals surface area contributed by atoms with Gasteiger partial charge in [-0.3, -0.25) is 9.59 Å². The Balaban J connectivity index is 2.07. The number of nitrogens with zero attached hydrogens (tertiary/aromatic N) is 1. The number of rotatable bonds is 5. The first-order valence-corrected chi connectivity index (χ1v) is 7.04. The summed E-state index contributed by atoms with van der Waals surface area (Å²) >= 11 is 7.38. The van der Waals surface area contributed by atoms with E-state index in [1.807, 2.05) is 18.2 Å². The molecule has 20 heavy (non-hydrogen) atoms. The molecule has 0 fully saturated rings. The maximum Gasteiger partial charge on any atom is 0.305 e. The van der Waals surface area contributed by atoms with Crippen molar-refractivity contribution in [1.82, 2.24) is 10.3 Å². The molecule has 2 aromatic rings. The predicted octanol–water partition coefficient (Wildman–Crippen LogP) is 2.67. The average Bonchev–Trinajstić information content (AvgIpc) is 2.88. The molecule has 0 radical (unpaired) electrons. The van der Waals surface area contributed by atoms with E-state index in [1.54, 1.807) is 11.4 Å². The van der Waals surface area contributed by atoms with Gasteiger partial charge in [0.05, 0.1) is 11.4 Å². The summed E-state index contributed by atoms with van der Waals surface area (Å²) in [6, 6.07) is 7.24. The molecule has 1 heterocycles. The van der Waals surface area contributed by atoms with Crippen LogP contribution < -0.4 is 5.32 Å². The number of carbonyl (C=O) groups is 2. The van der Waals surface area contributed by atoms with E-state index >= 15 is 0 Å². The van der Waals surface area contributed by atoms with Gasteiger partial charge in [-0.25, -0.2) is 4.98 Å². The van der Waals surface area contributed by atoms with Crippen LogP contribution in [-0.4, -0.2) is 28.5 Å². The highest BCUT2D eigenvalue weighted by molar-refractivity contribution is 7.13. The molecule has 104 valence electrons. The fraction of sp³-hybridized carbons (Fsp3) is 0.154. The Hall–Kier alpha value is -1.92. The van der Waals surface area contributed by atoms with Crippen molar-refractivity contribution in [2.24, 2.45) is 0 Å². The second-order valence-electron chi connectivity index (χ2n) is 3.92. The molecule has 0 aliphatic heterocycles. The highest BCUT2D eigenvalue weighted by atomic mass is 35.5. The molecule has 0 saturated heterocycles. The van der Waals surface area contributed by atoms with E-state index < -0.39 is 5.97 Å². The van der Waals surface area contributed by atoms with E-state index in [-0.39, 0.29) is 24.6 Å². The number of thiazole rings is 1. The van der Waals surface area contributed by atoms with Gasteiger partial charge in [-0.05, 0) is 6.07 Å². The zero-order valence-electron chi connectivity index (χ0n) is 10.3. The quantitative estimate of drug-likeness (QED) is 0.890. The smallest absolute Gasteiger partial charge is 0.305 e. The highest BCUT2D eigenvalue weighted by Crippen LogP contribution is 2.29. The number of hydrogen-bond acceptors (Lipinski definition) is 4. The fourth-order valence-electron chi connectivity index (χ4n) is 1.51. The first kappa shape index (κ1) is 14.5. The summed E-state index contributed by atoms with van der Waals surface area (Å²) in [4.78, 5) is 26.3. The lowest BCUT2D eigenvalue weighted by Gasteiger charge is -2.00. The van der Waals surface area contributed by atoms with E-state index in [2.05, 4.69) is 10.3 Å². The molecule has 2 rings (SSSR count). The maximum absolute atomic E-state index is 11.8. The number of carboxylic acid groups (broad SMARTS) is 1. The highest BCUT2D eigenvalue weighted by Gasteiger charge is 2.13. The van der Waals surface area contributed by atoms with Crippen LogP contribution in [-0.2, 0) is 4.79 Å². The number of benzene rings is 1. The molecule has 7 heteroatoms. The molecular weight excluding hydrogens is 300 g/mol. The molecule has 0 atom stereocenters. The second-order valence-corrected chi connectivity index (χ2v) is 5.18. The minimum absolute atomic E-state index is 0.0765. The van der Waals surface area contributed by atoms with Crippen LogP contribution in [0.4, 0.5) is 0 Å². The maximum atomic E-state index is 11.8. The minimum atomic E-state index is -0.958. The molecule has 1 amide bonds. The Morgan fingerprint density at radius 3 is 2.80 bits per heavy atom. The topological polar surface area (TPSA) is 79.3 Å². The van der Waals surface area contributed by atoms with Crippen molar-refractivity contribution in [3.63, 3.8) is 0 Å². The van der Waals surface area contributed by atoms with E-state index in [1.165, 1.54) is 11.3 Å². The average molecular weight is 311 g/mol. The van der Waals surface area contributed by atoms with Gasteiger partial charge in [-0.1, -0.05) is 29.8 Å². The summed E-state index contributed by atoms with van der Waals surface area (Å²) < 4.78 is 0. The molecular formula is C13H11ClN2O3S. The lowest BCUT2D eigenvalue weighted by molar-refractivity contribution is -0.136. The van der Waals surface area contributed by atoms with Gasteiger partial charge in [0, 0.05) is 17.5 Å². The van der Waals surface area contributed by atoms with Gasteiger partial charge in [0.1, 0.15) is 10.7 Å². The van der Waals surface area contributed by atoms with Gasteiger partial charge in [0.2, 0.25) is 0 Å². The van der Waals surface area contributed by atoms with Crippen LogP contribution in [0.15, 0.2) is 29.6 Å². The third-order valence-corrected chi connectivity index (χ3v) is 3.67. The number of carbonyl (C=O) groups excluding carboxylic acids is 1. The molecule has 0 saturated carbocycles. The van der Waals surface area contributed by atoms with Gasteiger partial charge in [-0.2, -0.15) is 0 Å². The SMILES string of the molecule is O=C(O)CCNC(=O)c1csc(-c2ccccc2Cl)n1. The van der Waals surface area contributed by atoms with Crippen molar-refractivity contribution in [2.75, 3.05) is 6.54 Å². The van der Waals surface area contributed by atoms with E-state index in [0.717, 1.165) is 5.56 Å². The summed E-state index contributed by atoms with van der Waals surface area (Å²) in [5.74, 6) is -1.35. The molecule has 0 unspecified atom stereocenters. The lowest BCUT2D eigenvalue weighted by atomic mass is 10.2. The van der Waals surface area contributed by atoms with Crippen molar-refractivity contribution < 1.29 is 14.7 Å². The Morgan fingerprint density at radius 2 is 2.10 bits per heavy atom. The monoisotopic (exact) mass is 310 g/mol. The van der Waals surface area contributed by atoms with Crippen molar-refractivity contribution in [3.8, 4) is 10.6 Å². The van der Waals surface area contributed by atoms with E-state index in [0.29, 0.717) is 10.0 Å². The number of carboxylic acids is 1. The van der Waals surface area contributed by atoms with Crippen LogP contribution in [0.1, 0.15) is 16.9 Å². The zero-order valence-corrected chi connectivity index (χ0v) is 11.9. The van der Waals surface area contributed by atoms with Gasteiger partial charge >= 0.3 is 5.97 Å². The van der Waals surface area contributed by atoms with Crippen LogP contribution in [0.5, 0.6) is 0 Å². The summed E-state index contributed by atoms with van der Waals surface area (Å²) in [5, 5.41) is 13.8. The van der Waals surface area contributed by atoms with Crippen LogP contribution in [0.2, 0.25) is 5.02 Å². The minimum Gasteiger partial charge on any atom is -0.481 e. The van der Waals surface area contributed by atoms with Crippen LogP contribution in [0.3, 0.4) is 0 Å². The standard InChI is InChI=1S/C13H11ClN2O3S/c14-9-4-2-1-3-8(9)13-16-10(7-20-13)12(19)15-6-5-11(17)18/h1-4,7H,5-6H2,(H,15,19)(H,17,18). The molecule has 2 N–H and O–H groups in total.